The average molecular weight is 306 g/mol. The van der Waals surface area contributed by atoms with Crippen molar-refractivity contribution in [1.29, 1.82) is 0 Å². The van der Waals surface area contributed by atoms with E-state index in [0.717, 1.165) is 40.6 Å². The molecule has 0 saturated carbocycles. The predicted octanol–water partition coefficient (Wildman–Crippen LogP) is 3.87. The molecular weight excluding hydrogens is 288 g/mol. The normalized spacial score (nSPS) is 16.5. The van der Waals surface area contributed by atoms with Gasteiger partial charge in [-0.1, -0.05) is 42.5 Å². The fraction of sp³-hybridized carbons (Fsp3) is 0.211. The molecule has 116 valence electrons. The van der Waals surface area contributed by atoms with E-state index >= 15 is 0 Å². The zero-order valence-corrected chi connectivity index (χ0v) is 13.0. The van der Waals surface area contributed by atoms with E-state index in [1.54, 1.807) is 4.57 Å². The molecule has 1 atom stereocenters. The van der Waals surface area contributed by atoms with E-state index in [9.17, 15) is 4.79 Å². The second kappa shape index (κ2) is 5.25. The zero-order chi connectivity index (χ0) is 16.0. The number of nitrogens with zero attached hydrogens (tertiary/aromatic N) is 1. The maximum Gasteiger partial charge on any atom is 0.418 e. The van der Waals surface area contributed by atoms with Gasteiger partial charge in [0.25, 0.3) is 0 Å². The lowest BCUT2D eigenvalue weighted by atomic mass is 9.87. The highest BCUT2D eigenvalue weighted by molar-refractivity contribution is 6.01. The van der Waals surface area contributed by atoms with Gasteiger partial charge in [0, 0.05) is 11.4 Å². The molecule has 4 nitrogen and oxygen atoms in total. The van der Waals surface area contributed by atoms with Gasteiger partial charge in [0.15, 0.2) is 0 Å². The fourth-order valence-corrected chi connectivity index (χ4v) is 3.63. The standard InChI is InChI=1S/C19H18N2O2/c1-23-19(22)21-16-9-5-8-13-15(20)11-10-14(17(13)16)18(21)12-6-3-2-4-7-12/h2-9,15H,10-11,20H2,1H3. The molecule has 3 aromatic rings. The molecule has 1 aliphatic rings. The SMILES string of the molecule is COC(=O)n1c(-c2ccccc2)c2c3c(cccc31)C(N)CC2. The number of nitrogens with two attached hydrogens (primary N) is 1. The van der Waals surface area contributed by atoms with E-state index in [0.29, 0.717) is 0 Å². The molecule has 1 aromatic heterocycles. The van der Waals surface area contributed by atoms with E-state index in [-0.39, 0.29) is 12.1 Å². The van der Waals surface area contributed by atoms with Gasteiger partial charge >= 0.3 is 6.09 Å². The smallest absolute Gasteiger partial charge is 0.418 e. The third kappa shape index (κ3) is 1.99. The predicted molar refractivity (Wildman–Crippen MR) is 90.4 cm³/mol. The summed E-state index contributed by atoms with van der Waals surface area (Å²) < 4.78 is 6.73. The molecule has 0 fully saturated rings. The minimum absolute atomic E-state index is 0.0170. The summed E-state index contributed by atoms with van der Waals surface area (Å²) in [5.74, 6) is 0. The Morgan fingerprint density at radius 2 is 1.96 bits per heavy atom. The highest BCUT2D eigenvalue weighted by Crippen LogP contribution is 2.42. The minimum atomic E-state index is -0.368. The topological polar surface area (TPSA) is 57.2 Å². The van der Waals surface area contributed by atoms with Crippen molar-refractivity contribution >= 4 is 17.0 Å². The summed E-state index contributed by atoms with van der Waals surface area (Å²) in [5.41, 5.74) is 11.4. The maximum absolute atomic E-state index is 12.5. The second-order valence-corrected chi connectivity index (χ2v) is 5.89. The van der Waals surface area contributed by atoms with Crippen LogP contribution in [0, 0.1) is 0 Å². The lowest BCUT2D eigenvalue weighted by Gasteiger charge is -2.20. The number of carbonyl (C=O) groups is 1. The van der Waals surface area contributed by atoms with E-state index in [1.807, 2.05) is 42.5 Å². The Morgan fingerprint density at radius 1 is 1.17 bits per heavy atom. The van der Waals surface area contributed by atoms with Gasteiger partial charge in [-0.05, 0) is 35.6 Å². The molecule has 1 unspecified atom stereocenters. The van der Waals surface area contributed by atoms with Crippen LogP contribution in [0.3, 0.4) is 0 Å². The van der Waals surface area contributed by atoms with Crippen LogP contribution in [0.2, 0.25) is 0 Å². The molecule has 2 N–H and O–H groups in total. The van der Waals surface area contributed by atoms with Gasteiger partial charge in [-0.3, -0.25) is 0 Å². The van der Waals surface area contributed by atoms with Crippen LogP contribution in [0.15, 0.2) is 48.5 Å². The van der Waals surface area contributed by atoms with Gasteiger partial charge < -0.3 is 10.5 Å². The molecule has 4 rings (SSSR count). The molecule has 0 amide bonds. The number of hydrogen-bond donors (Lipinski definition) is 1. The Hall–Kier alpha value is -2.59. The number of hydrogen-bond acceptors (Lipinski definition) is 3. The summed E-state index contributed by atoms with van der Waals surface area (Å²) in [7, 11) is 1.41. The van der Waals surface area contributed by atoms with Crippen molar-refractivity contribution in [3.63, 3.8) is 0 Å². The summed E-state index contributed by atoms with van der Waals surface area (Å²) in [6.07, 6.45) is 1.38. The molecule has 1 aliphatic carbocycles. The number of carbonyl (C=O) groups excluding carboxylic acids is 1. The van der Waals surface area contributed by atoms with Crippen molar-refractivity contribution < 1.29 is 9.53 Å². The van der Waals surface area contributed by atoms with Crippen LogP contribution >= 0.6 is 0 Å². The molecule has 0 spiro atoms. The second-order valence-electron chi connectivity index (χ2n) is 5.89. The molecule has 4 heteroatoms. The quantitative estimate of drug-likeness (QED) is 0.742. The molecular formula is C19H18N2O2. The lowest BCUT2D eigenvalue weighted by Crippen LogP contribution is -2.15. The van der Waals surface area contributed by atoms with Gasteiger partial charge in [-0.25, -0.2) is 9.36 Å². The number of ether oxygens (including phenoxy) is 1. The van der Waals surface area contributed by atoms with E-state index in [1.165, 1.54) is 12.7 Å². The molecule has 23 heavy (non-hydrogen) atoms. The summed E-state index contributed by atoms with van der Waals surface area (Å²) in [6, 6.07) is 16.0. The van der Waals surface area contributed by atoms with Crippen molar-refractivity contribution in [2.75, 3.05) is 7.11 Å². The number of methoxy groups -OCH3 is 1. The van der Waals surface area contributed by atoms with Crippen LogP contribution in [-0.2, 0) is 11.2 Å². The average Bonchev–Trinajstić information content (AvgIpc) is 2.94. The highest BCUT2D eigenvalue weighted by atomic mass is 16.5. The minimum Gasteiger partial charge on any atom is -0.452 e. The maximum atomic E-state index is 12.5. The van der Waals surface area contributed by atoms with Crippen LogP contribution in [0.5, 0.6) is 0 Å². The number of benzene rings is 2. The van der Waals surface area contributed by atoms with Crippen LogP contribution in [-0.4, -0.2) is 17.8 Å². The molecule has 1 heterocycles. The number of aromatic nitrogens is 1. The van der Waals surface area contributed by atoms with Crippen LogP contribution < -0.4 is 5.73 Å². The Kier molecular flexibility index (Phi) is 3.20. The van der Waals surface area contributed by atoms with Crippen LogP contribution in [0.1, 0.15) is 23.6 Å². The Bertz CT molecular complexity index is 897. The first-order valence-electron chi connectivity index (χ1n) is 7.78. The molecule has 0 aliphatic heterocycles. The first kappa shape index (κ1) is 14.0. The Balaban J connectivity index is 2.15. The van der Waals surface area contributed by atoms with Crippen molar-refractivity contribution in [1.82, 2.24) is 4.57 Å². The summed E-state index contributed by atoms with van der Waals surface area (Å²) in [5, 5.41) is 1.11. The van der Waals surface area contributed by atoms with Crippen molar-refractivity contribution in [3.8, 4) is 11.3 Å². The first-order chi connectivity index (χ1) is 11.2. The summed E-state index contributed by atoms with van der Waals surface area (Å²) in [4.78, 5) is 12.5. The number of aryl methyl sites for hydroxylation is 1. The third-order valence-corrected chi connectivity index (χ3v) is 4.64. The molecule has 0 bridgehead atoms. The zero-order valence-electron chi connectivity index (χ0n) is 13.0. The fourth-order valence-electron chi connectivity index (χ4n) is 3.63. The Labute approximate surface area is 134 Å². The Morgan fingerprint density at radius 3 is 2.70 bits per heavy atom. The highest BCUT2D eigenvalue weighted by Gasteiger charge is 2.28. The van der Waals surface area contributed by atoms with Crippen molar-refractivity contribution in [2.45, 2.75) is 18.9 Å². The largest absolute Gasteiger partial charge is 0.452 e. The summed E-state index contributed by atoms with van der Waals surface area (Å²) >= 11 is 0. The van der Waals surface area contributed by atoms with E-state index in [2.05, 4.69) is 6.07 Å². The van der Waals surface area contributed by atoms with Crippen molar-refractivity contribution in [3.05, 3.63) is 59.7 Å². The molecule has 2 aromatic carbocycles. The van der Waals surface area contributed by atoms with Crippen LogP contribution in [0.4, 0.5) is 4.79 Å². The van der Waals surface area contributed by atoms with E-state index < -0.39 is 0 Å². The molecule has 0 saturated heterocycles. The van der Waals surface area contributed by atoms with Gasteiger partial charge in [-0.2, -0.15) is 0 Å². The van der Waals surface area contributed by atoms with Gasteiger partial charge in [0.1, 0.15) is 0 Å². The van der Waals surface area contributed by atoms with Gasteiger partial charge in [0.05, 0.1) is 18.3 Å². The lowest BCUT2D eigenvalue weighted by molar-refractivity contribution is 0.174. The van der Waals surface area contributed by atoms with Crippen molar-refractivity contribution in [2.24, 2.45) is 5.73 Å². The van der Waals surface area contributed by atoms with E-state index in [4.69, 9.17) is 10.5 Å². The third-order valence-electron chi connectivity index (χ3n) is 4.64. The van der Waals surface area contributed by atoms with Gasteiger partial charge in [0.2, 0.25) is 0 Å². The van der Waals surface area contributed by atoms with Gasteiger partial charge in [-0.15, -0.1) is 0 Å². The van der Waals surface area contributed by atoms with Crippen LogP contribution in [0.25, 0.3) is 22.2 Å². The monoisotopic (exact) mass is 306 g/mol. The summed E-state index contributed by atoms with van der Waals surface area (Å²) in [6.45, 7) is 0. The number of rotatable bonds is 1. The molecule has 0 radical (unpaired) electrons. The first-order valence-corrected chi connectivity index (χ1v) is 7.78.